The number of rotatable bonds is 3. The summed E-state index contributed by atoms with van der Waals surface area (Å²) in [4.78, 5) is 19.8. The van der Waals surface area contributed by atoms with Gasteiger partial charge < -0.3 is 14.2 Å². The normalized spacial score (nSPS) is 15.7. The Morgan fingerprint density at radius 3 is 2.57 bits per heavy atom. The van der Waals surface area contributed by atoms with Gasteiger partial charge in [-0.3, -0.25) is 4.90 Å². The number of nitrogens with zero attached hydrogens (tertiary/aromatic N) is 4. The highest BCUT2D eigenvalue weighted by atomic mass is 16.5. The first-order chi connectivity index (χ1) is 11.2. The Morgan fingerprint density at radius 1 is 1.22 bits per heavy atom. The van der Waals surface area contributed by atoms with Crippen molar-refractivity contribution in [2.45, 2.75) is 13.5 Å². The lowest BCUT2D eigenvalue weighted by Crippen LogP contribution is -2.48. The molecule has 0 N–H and O–H groups in total. The summed E-state index contributed by atoms with van der Waals surface area (Å²) < 4.78 is 10.1. The fourth-order valence-electron chi connectivity index (χ4n) is 2.55. The number of piperazine rings is 1. The quantitative estimate of drug-likeness (QED) is 0.861. The number of ether oxygens (including phenoxy) is 1. The molecule has 0 bridgehead atoms. The summed E-state index contributed by atoms with van der Waals surface area (Å²) in [5.74, 6) is 1.19. The standard InChI is InChI=1S/C16H20N4O3/c1-12-3-5-13(6-4-12)15-17-14(23-18-15)11-19-7-9-20(10-8-19)16(21)22-2/h3-6H,7-11H2,1-2H3. The van der Waals surface area contributed by atoms with Crippen LogP contribution in [0.1, 0.15) is 11.5 Å². The zero-order valence-corrected chi connectivity index (χ0v) is 13.4. The highest BCUT2D eigenvalue weighted by molar-refractivity contribution is 5.67. The van der Waals surface area contributed by atoms with Crippen LogP contribution in [0.5, 0.6) is 0 Å². The number of aryl methyl sites for hydroxylation is 1. The zero-order valence-electron chi connectivity index (χ0n) is 13.4. The third-order valence-corrected chi connectivity index (χ3v) is 3.94. The maximum atomic E-state index is 11.5. The van der Waals surface area contributed by atoms with Crippen LogP contribution in [0.2, 0.25) is 0 Å². The molecule has 1 aliphatic heterocycles. The van der Waals surface area contributed by atoms with Gasteiger partial charge in [-0.2, -0.15) is 4.98 Å². The van der Waals surface area contributed by atoms with Crippen LogP contribution in [0.3, 0.4) is 0 Å². The van der Waals surface area contributed by atoms with Crippen LogP contribution in [-0.2, 0) is 11.3 Å². The fourth-order valence-corrected chi connectivity index (χ4v) is 2.55. The number of hydrogen-bond donors (Lipinski definition) is 0. The molecule has 0 aliphatic carbocycles. The second kappa shape index (κ2) is 6.78. The molecule has 0 atom stereocenters. The smallest absolute Gasteiger partial charge is 0.409 e. The first kappa shape index (κ1) is 15.5. The van der Waals surface area contributed by atoms with Gasteiger partial charge in [0.05, 0.1) is 13.7 Å². The van der Waals surface area contributed by atoms with Crippen LogP contribution in [0.15, 0.2) is 28.8 Å². The van der Waals surface area contributed by atoms with Crippen molar-refractivity contribution in [2.24, 2.45) is 0 Å². The molecule has 122 valence electrons. The van der Waals surface area contributed by atoms with Crippen molar-refractivity contribution in [1.29, 1.82) is 0 Å². The minimum Gasteiger partial charge on any atom is -0.453 e. The molecule has 0 saturated carbocycles. The predicted octanol–water partition coefficient (Wildman–Crippen LogP) is 1.93. The first-order valence-corrected chi connectivity index (χ1v) is 7.60. The highest BCUT2D eigenvalue weighted by Gasteiger charge is 2.22. The maximum absolute atomic E-state index is 11.5. The molecule has 1 amide bonds. The van der Waals surface area contributed by atoms with Gasteiger partial charge in [-0.15, -0.1) is 0 Å². The molecule has 2 aromatic rings. The van der Waals surface area contributed by atoms with Crippen molar-refractivity contribution in [2.75, 3.05) is 33.3 Å². The Kier molecular flexibility index (Phi) is 4.57. The molecule has 1 aliphatic rings. The van der Waals surface area contributed by atoms with Gasteiger partial charge in [-0.1, -0.05) is 35.0 Å². The second-order valence-electron chi connectivity index (χ2n) is 5.61. The van der Waals surface area contributed by atoms with E-state index in [1.165, 1.54) is 12.7 Å². The van der Waals surface area contributed by atoms with E-state index in [2.05, 4.69) is 15.0 Å². The molecule has 1 aromatic heterocycles. The van der Waals surface area contributed by atoms with Crippen molar-refractivity contribution in [3.05, 3.63) is 35.7 Å². The molecule has 7 nitrogen and oxygen atoms in total. The topological polar surface area (TPSA) is 71.7 Å². The maximum Gasteiger partial charge on any atom is 0.409 e. The van der Waals surface area contributed by atoms with Crippen molar-refractivity contribution in [3.8, 4) is 11.4 Å². The van der Waals surface area contributed by atoms with E-state index in [4.69, 9.17) is 9.26 Å². The highest BCUT2D eigenvalue weighted by Crippen LogP contribution is 2.17. The minimum absolute atomic E-state index is 0.274. The van der Waals surface area contributed by atoms with E-state index < -0.39 is 0 Å². The van der Waals surface area contributed by atoms with Crippen LogP contribution in [0.25, 0.3) is 11.4 Å². The molecular weight excluding hydrogens is 296 g/mol. The largest absolute Gasteiger partial charge is 0.453 e. The van der Waals surface area contributed by atoms with E-state index in [0.717, 1.165) is 18.7 Å². The molecular formula is C16H20N4O3. The molecule has 0 radical (unpaired) electrons. The van der Waals surface area contributed by atoms with Crippen molar-refractivity contribution in [1.82, 2.24) is 19.9 Å². The van der Waals surface area contributed by atoms with Crippen LogP contribution >= 0.6 is 0 Å². The number of amides is 1. The van der Waals surface area contributed by atoms with Crippen molar-refractivity contribution >= 4 is 6.09 Å². The summed E-state index contributed by atoms with van der Waals surface area (Å²) in [6.45, 7) is 5.44. The van der Waals surface area contributed by atoms with Gasteiger partial charge in [0.2, 0.25) is 11.7 Å². The van der Waals surface area contributed by atoms with E-state index in [1.54, 1.807) is 4.90 Å². The number of benzene rings is 1. The minimum atomic E-state index is -0.274. The predicted molar refractivity (Wildman–Crippen MR) is 83.7 cm³/mol. The second-order valence-corrected chi connectivity index (χ2v) is 5.61. The van der Waals surface area contributed by atoms with E-state index in [-0.39, 0.29) is 6.09 Å². The van der Waals surface area contributed by atoms with Gasteiger partial charge in [-0.05, 0) is 6.92 Å². The van der Waals surface area contributed by atoms with E-state index in [0.29, 0.717) is 31.3 Å². The molecule has 23 heavy (non-hydrogen) atoms. The Hall–Kier alpha value is -2.41. The third-order valence-electron chi connectivity index (χ3n) is 3.94. The third kappa shape index (κ3) is 3.68. The van der Waals surface area contributed by atoms with Crippen LogP contribution in [0, 0.1) is 6.92 Å². The van der Waals surface area contributed by atoms with E-state index in [1.807, 2.05) is 31.2 Å². The van der Waals surface area contributed by atoms with Gasteiger partial charge in [0.25, 0.3) is 0 Å². The van der Waals surface area contributed by atoms with Gasteiger partial charge in [0.15, 0.2) is 0 Å². The molecule has 1 aromatic carbocycles. The van der Waals surface area contributed by atoms with Gasteiger partial charge >= 0.3 is 6.09 Å². The Labute approximate surface area is 134 Å². The fraction of sp³-hybridized carbons (Fsp3) is 0.438. The summed E-state index contributed by atoms with van der Waals surface area (Å²) in [5.41, 5.74) is 2.14. The summed E-state index contributed by atoms with van der Waals surface area (Å²) >= 11 is 0. The van der Waals surface area contributed by atoms with E-state index >= 15 is 0 Å². The number of methoxy groups -OCH3 is 1. The number of hydrogen-bond acceptors (Lipinski definition) is 6. The summed E-state index contributed by atoms with van der Waals surface area (Å²) in [6, 6.07) is 8.02. The number of aromatic nitrogens is 2. The summed E-state index contributed by atoms with van der Waals surface area (Å²) in [6.07, 6.45) is -0.274. The molecule has 2 heterocycles. The Balaban J connectivity index is 1.58. The van der Waals surface area contributed by atoms with Crippen molar-refractivity contribution in [3.63, 3.8) is 0 Å². The van der Waals surface area contributed by atoms with Crippen LogP contribution in [-0.4, -0.2) is 59.3 Å². The van der Waals surface area contributed by atoms with Gasteiger partial charge in [0, 0.05) is 31.7 Å². The lowest BCUT2D eigenvalue weighted by atomic mass is 10.1. The molecule has 0 spiro atoms. The number of carbonyl (C=O) groups is 1. The lowest BCUT2D eigenvalue weighted by molar-refractivity contribution is 0.0852. The van der Waals surface area contributed by atoms with E-state index in [9.17, 15) is 4.79 Å². The molecule has 3 rings (SSSR count). The summed E-state index contributed by atoms with van der Waals surface area (Å²) in [7, 11) is 1.40. The lowest BCUT2D eigenvalue weighted by Gasteiger charge is -2.32. The Morgan fingerprint density at radius 2 is 1.91 bits per heavy atom. The monoisotopic (exact) mass is 316 g/mol. The number of carbonyl (C=O) groups excluding carboxylic acids is 1. The molecule has 0 unspecified atom stereocenters. The van der Waals surface area contributed by atoms with Gasteiger partial charge in [-0.25, -0.2) is 4.79 Å². The van der Waals surface area contributed by atoms with Crippen LogP contribution in [0.4, 0.5) is 4.79 Å². The SMILES string of the molecule is COC(=O)N1CCN(Cc2nc(-c3ccc(C)cc3)no2)CC1. The Bertz CT molecular complexity index is 660. The molecule has 7 heteroatoms. The van der Waals surface area contributed by atoms with Crippen LogP contribution < -0.4 is 0 Å². The molecule has 1 fully saturated rings. The van der Waals surface area contributed by atoms with Crippen molar-refractivity contribution < 1.29 is 14.1 Å². The average Bonchev–Trinajstić information content (AvgIpc) is 3.04. The summed E-state index contributed by atoms with van der Waals surface area (Å²) in [5, 5.41) is 4.04. The molecule has 1 saturated heterocycles. The first-order valence-electron chi connectivity index (χ1n) is 7.60. The zero-order chi connectivity index (χ0) is 16.2. The van der Waals surface area contributed by atoms with Gasteiger partial charge in [0.1, 0.15) is 0 Å². The average molecular weight is 316 g/mol.